The minimum absolute atomic E-state index is 0.0460. The second-order valence-corrected chi connectivity index (χ2v) is 4.57. The van der Waals surface area contributed by atoms with E-state index in [1.807, 2.05) is 0 Å². The zero-order chi connectivity index (χ0) is 13.3. The number of carbonyl (C=O) groups is 1. The maximum absolute atomic E-state index is 12.9. The molecule has 0 aliphatic heterocycles. The number of aldehydes is 1. The Morgan fingerprint density at radius 1 is 1.00 bits per heavy atom. The number of pyridine rings is 1. The fourth-order valence-corrected chi connectivity index (χ4v) is 2.14. The lowest BCUT2D eigenvalue weighted by Gasteiger charge is -2.09. The Bertz CT molecular complexity index is 631. The number of carbonyl (C=O) groups excluding carboxylic acids is 1. The van der Waals surface area contributed by atoms with Crippen LogP contribution in [0.4, 0.5) is 4.39 Å². The van der Waals surface area contributed by atoms with E-state index in [1.165, 1.54) is 6.07 Å². The summed E-state index contributed by atoms with van der Waals surface area (Å²) in [4.78, 5) is 14.4. The molecule has 18 heavy (non-hydrogen) atoms. The molecule has 0 atom stereocenters. The van der Waals surface area contributed by atoms with Crippen molar-refractivity contribution < 1.29 is 9.18 Å². The average molecular weight is 305 g/mol. The van der Waals surface area contributed by atoms with Gasteiger partial charge in [-0.1, -0.05) is 40.9 Å². The predicted molar refractivity (Wildman–Crippen MR) is 70.0 cm³/mol. The molecule has 1 heterocycles. The molecule has 92 valence electrons. The van der Waals surface area contributed by atoms with Gasteiger partial charge in [-0.25, -0.2) is 4.98 Å². The van der Waals surface area contributed by atoms with Crippen LogP contribution in [0.2, 0.25) is 15.1 Å². The van der Waals surface area contributed by atoms with Gasteiger partial charge in [0.1, 0.15) is 5.69 Å². The third kappa shape index (κ3) is 2.34. The van der Waals surface area contributed by atoms with Gasteiger partial charge < -0.3 is 0 Å². The van der Waals surface area contributed by atoms with Crippen LogP contribution >= 0.6 is 34.8 Å². The van der Waals surface area contributed by atoms with E-state index in [9.17, 15) is 9.18 Å². The van der Waals surface area contributed by atoms with Crippen LogP contribution in [0.5, 0.6) is 0 Å². The zero-order valence-corrected chi connectivity index (χ0v) is 11.0. The molecule has 0 saturated heterocycles. The summed E-state index contributed by atoms with van der Waals surface area (Å²) >= 11 is 17.8. The molecule has 0 fully saturated rings. The number of benzene rings is 1. The lowest BCUT2D eigenvalue weighted by atomic mass is 10.0. The van der Waals surface area contributed by atoms with Crippen LogP contribution in [0.3, 0.4) is 0 Å². The van der Waals surface area contributed by atoms with E-state index in [0.29, 0.717) is 22.4 Å². The van der Waals surface area contributed by atoms with Gasteiger partial charge in [-0.3, -0.25) is 4.79 Å². The third-order valence-corrected chi connectivity index (χ3v) is 3.62. The predicted octanol–water partition coefficient (Wildman–Crippen LogP) is 4.66. The molecule has 0 radical (unpaired) electrons. The van der Waals surface area contributed by atoms with Crippen LogP contribution in [-0.4, -0.2) is 11.3 Å². The van der Waals surface area contributed by atoms with Gasteiger partial charge in [-0.05, 0) is 18.2 Å². The standard InChI is InChI=1S/C12H5Cl3FNO/c13-8-3-1-7(11(14)12(8)15)6-2-4-10(16)17-9(6)5-18/h1-5H. The minimum atomic E-state index is -0.739. The smallest absolute Gasteiger partial charge is 0.213 e. The lowest BCUT2D eigenvalue weighted by molar-refractivity contribution is 0.111. The quantitative estimate of drug-likeness (QED) is 0.459. The molecule has 1 aromatic heterocycles. The van der Waals surface area contributed by atoms with Crippen molar-refractivity contribution >= 4 is 41.1 Å². The number of hydrogen-bond donors (Lipinski definition) is 0. The van der Waals surface area contributed by atoms with Crippen molar-refractivity contribution in [1.29, 1.82) is 0 Å². The molecule has 2 aromatic rings. The summed E-state index contributed by atoms with van der Waals surface area (Å²) in [5.41, 5.74) is 0.825. The Kier molecular flexibility index (Phi) is 3.85. The van der Waals surface area contributed by atoms with Crippen molar-refractivity contribution in [2.45, 2.75) is 0 Å². The van der Waals surface area contributed by atoms with Gasteiger partial charge in [0, 0.05) is 11.1 Å². The average Bonchev–Trinajstić information content (AvgIpc) is 2.37. The molecule has 1 aromatic carbocycles. The molecular formula is C12H5Cl3FNO. The van der Waals surface area contributed by atoms with Gasteiger partial charge in [0.15, 0.2) is 6.29 Å². The van der Waals surface area contributed by atoms with E-state index in [4.69, 9.17) is 34.8 Å². The van der Waals surface area contributed by atoms with Crippen molar-refractivity contribution in [1.82, 2.24) is 4.98 Å². The van der Waals surface area contributed by atoms with Gasteiger partial charge in [-0.2, -0.15) is 4.39 Å². The second-order valence-electron chi connectivity index (χ2n) is 3.41. The molecule has 0 unspecified atom stereocenters. The minimum Gasteiger partial charge on any atom is -0.296 e. The first kappa shape index (κ1) is 13.3. The largest absolute Gasteiger partial charge is 0.296 e. The van der Waals surface area contributed by atoms with E-state index in [1.54, 1.807) is 12.1 Å². The summed E-state index contributed by atoms with van der Waals surface area (Å²) in [5.74, 6) is -0.739. The summed E-state index contributed by atoms with van der Waals surface area (Å²) in [7, 11) is 0. The topological polar surface area (TPSA) is 30.0 Å². The van der Waals surface area contributed by atoms with Crippen molar-refractivity contribution in [2.75, 3.05) is 0 Å². The van der Waals surface area contributed by atoms with E-state index in [2.05, 4.69) is 4.98 Å². The Balaban J connectivity index is 2.69. The molecule has 0 amide bonds. The zero-order valence-electron chi connectivity index (χ0n) is 8.75. The number of halogens is 4. The van der Waals surface area contributed by atoms with Crippen molar-refractivity contribution in [3.05, 3.63) is 51.0 Å². The fourth-order valence-electron chi connectivity index (χ4n) is 1.50. The van der Waals surface area contributed by atoms with Gasteiger partial charge >= 0.3 is 0 Å². The summed E-state index contributed by atoms with van der Waals surface area (Å²) in [6.45, 7) is 0. The van der Waals surface area contributed by atoms with Gasteiger partial charge in [0.25, 0.3) is 0 Å². The fraction of sp³-hybridized carbons (Fsp3) is 0. The molecule has 0 spiro atoms. The number of rotatable bonds is 2. The Morgan fingerprint density at radius 3 is 2.33 bits per heavy atom. The monoisotopic (exact) mass is 303 g/mol. The van der Waals surface area contributed by atoms with E-state index in [-0.39, 0.29) is 15.7 Å². The highest BCUT2D eigenvalue weighted by molar-refractivity contribution is 6.49. The highest BCUT2D eigenvalue weighted by Gasteiger charge is 2.14. The van der Waals surface area contributed by atoms with Crippen molar-refractivity contribution in [2.24, 2.45) is 0 Å². The second kappa shape index (κ2) is 5.22. The molecule has 0 bridgehead atoms. The number of nitrogens with zero attached hydrogens (tertiary/aromatic N) is 1. The molecule has 2 rings (SSSR count). The Morgan fingerprint density at radius 2 is 1.67 bits per heavy atom. The molecule has 6 heteroatoms. The van der Waals surface area contributed by atoms with Crippen LogP contribution < -0.4 is 0 Å². The highest BCUT2D eigenvalue weighted by atomic mass is 35.5. The van der Waals surface area contributed by atoms with Crippen LogP contribution in [-0.2, 0) is 0 Å². The van der Waals surface area contributed by atoms with Gasteiger partial charge in [-0.15, -0.1) is 0 Å². The van der Waals surface area contributed by atoms with Crippen LogP contribution in [0, 0.1) is 5.95 Å². The van der Waals surface area contributed by atoms with Crippen molar-refractivity contribution in [3.8, 4) is 11.1 Å². The lowest BCUT2D eigenvalue weighted by Crippen LogP contribution is -1.95. The number of aromatic nitrogens is 1. The Hall–Kier alpha value is -1.16. The first-order valence-electron chi connectivity index (χ1n) is 4.80. The van der Waals surface area contributed by atoms with E-state index < -0.39 is 5.95 Å². The summed E-state index contributed by atoms with van der Waals surface area (Å²) in [6.07, 6.45) is 0.456. The van der Waals surface area contributed by atoms with Crippen LogP contribution in [0.15, 0.2) is 24.3 Å². The third-order valence-electron chi connectivity index (χ3n) is 2.33. The van der Waals surface area contributed by atoms with Gasteiger partial charge in [0.05, 0.1) is 15.1 Å². The summed E-state index contributed by atoms with van der Waals surface area (Å²) in [6, 6.07) is 5.69. The molecule has 0 aliphatic rings. The first-order valence-corrected chi connectivity index (χ1v) is 5.93. The number of hydrogen-bond acceptors (Lipinski definition) is 2. The van der Waals surface area contributed by atoms with E-state index in [0.717, 1.165) is 6.07 Å². The summed E-state index contributed by atoms with van der Waals surface area (Å²) < 4.78 is 12.9. The van der Waals surface area contributed by atoms with E-state index >= 15 is 0 Å². The van der Waals surface area contributed by atoms with Crippen LogP contribution in [0.25, 0.3) is 11.1 Å². The maximum Gasteiger partial charge on any atom is 0.213 e. The van der Waals surface area contributed by atoms with Crippen molar-refractivity contribution in [3.63, 3.8) is 0 Å². The molecule has 0 N–H and O–H groups in total. The summed E-state index contributed by atoms with van der Waals surface area (Å²) in [5, 5.41) is 0.672. The SMILES string of the molecule is O=Cc1nc(F)ccc1-c1ccc(Cl)c(Cl)c1Cl. The molecule has 0 aliphatic carbocycles. The van der Waals surface area contributed by atoms with Crippen LogP contribution in [0.1, 0.15) is 10.5 Å². The molecular weight excluding hydrogens is 299 g/mol. The Labute approximate surface area is 117 Å². The molecule has 2 nitrogen and oxygen atoms in total. The maximum atomic E-state index is 12.9. The highest BCUT2D eigenvalue weighted by Crippen LogP contribution is 2.38. The first-order chi connectivity index (χ1) is 8.54. The molecule has 0 saturated carbocycles. The normalized spacial score (nSPS) is 10.4. The van der Waals surface area contributed by atoms with Gasteiger partial charge in [0.2, 0.25) is 5.95 Å².